The number of halogens is 1. The van der Waals surface area contributed by atoms with Gasteiger partial charge in [-0.25, -0.2) is 0 Å². The molecule has 0 aliphatic heterocycles. The van der Waals surface area contributed by atoms with Crippen LogP contribution in [0.5, 0.6) is 0 Å². The van der Waals surface area contributed by atoms with E-state index >= 15 is 0 Å². The summed E-state index contributed by atoms with van der Waals surface area (Å²) in [6, 6.07) is 1.08. The zero-order valence-electron chi connectivity index (χ0n) is 8.31. The van der Waals surface area contributed by atoms with E-state index in [0.29, 0.717) is 0 Å². The van der Waals surface area contributed by atoms with Crippen molar-refractivity contribution in [2.45, 2.75) is 39.7 Å². The SMILES string of the molecule is CCC=C[Si](Cl)(C=CCC)CC. The van der Waals surface area contributed by atoms with Gasteiger partial charge in [0.1, 0.15) is 0 Å². The van der Waals surface area contributed by atoms with Crippen LogP contribution in [0.1, 0.15) is 33.6 Å². The second-order valence-electron chi connectivity index (χ2n) is 2.90. The fraction of sp³-hybridized carbons (Fsp3) is 0.600. The molecular formula is C10H19ClSi. The van der Waals surface area contributed by atoms with Gasteiger partial charge in [-0.1, -0.05) is 44.3 Å². The van der Waals surface area contributed by atoms with E-state index in [9.17, 15) is 0 Å². The number of hydrogen-bond acceptors (Lipinski definition) is 0. The van der Waals surface area contributed by atoms with Crippen molar-refractivity contribution in [3.8, 4) is 0 Å². The van der Waals surface area contributed by atoms with Gasteiger partial charge in [-0.15, -0.1) is 0 Å². The highest BCUT2D eigenvalue weighted by atomic mass is 35.6. The van der Waals surface area contributed by atoms with Crippen molar-refractivity contribution < 1.29 is 0 Å². The van der Waals surface area contributed by atoms with Gasteiger partial charge in [0.15, 0.2) is 0 Å². The van der Waals surface area contributed by atoms with Crippen LogP contribution in [-0.4, -0.2) is 7.38 Å². The molecule has 0 aromatic heterocycles. The topological polar surface area (TPSA) is 0 Å². The molecule has 0 aliphatic carbocycles. The second kappa shape index (κ2) is 6.50. The van der Waals surface area contributed by atoms with E-state index in [1.807, 2.05) is 0 Å². The van der Waals surface area contributed by atoms with Crippen molar-refractivity contribution in [1.29, 1.82) is 0 Å². The molecule has 0 heterocycles. The summed E-state index contributed by atoms with van der Waals surface area (Å²) >= 11 is 6.45. The highest BCUT2D eigenvalue weighted by Crippen LogP contribution is 2.18. The van der Waals surface area contributed by atoms with Gasteiger partial charge in [0.2, 0.25) is 7.38 Å². The molecule has 0 nitrogen and oxygen atoms in total. The Morgan fingerprint density at radius 2 is 1.42 bits per heavy atom. The average molecular weight is 203 g/mol. The lowest BCUT2D eigenvalue weighted by Gasteiger charge is -2.12. The quantitative estimate of drug-likeness (QED) is 0.463. The predicted octanol–water partition coefficient (Wildman–Crippen LogP) is 4.20. The molecule has 0 aromatic carbocycles. The molecule has 2 heteroatoms. The third-order valence-corrected chi connectivity index (χ3v) is 6.02. The Balaban J connectivity index is 4.23. The van der Waals surface area contributed by atoms with Crippen LogP contribution in [-0.2, 0) is 0 Å². The lowest BCUT2D eigenvalue weighted by molar-refractivity contribution is 1.22. The average Bonchev–Trinajstić information content (AvgIpc) is 2.11. The first kappa shape index (κ1) is 12.0. The van der Waals surface area contributed by atoms with E-state index in [4.69, 9.17) is 11.1 Å². The molecule has 0 aliphatic rings. The third-order valence-electron chi connectivity index (χ3n) is 1.80. The fourth-order valence-electron chi connectivity index (χ4n) is 0.919. The molecule has 0 radical (unpaired) electrons. The van der Waals surface area contributed by atoms with Crippen LogP contribution in [0.2, 0.25) is 6.04 Å². The molecule has 70 valence electrons. The van der Waals surface area contributed by atoms with E-state index in [1.165, 1.54) is 0 Å². The van der Waals surface area contributed by atoms with E-state index < -0.39 is 7.38 Å². The van der Waals surface area contributed by atoms with E-state index in [0.717, 1.165) is 18.9 Å². The summed E-state index contributed by atoms with van der Waals surface area (Å²) in [4.78, 5) is 0. The molecule has 0 bridgehead atoms. The normalized spacial score (nSPS) is 17.3. The minimum Gasteiger partial charge on any atom is -0.156 e. The first-order valence-electron chi connectivity index (χ1n) is 4.72. The smallest absolute Gasteiger partial charge is 0.156 e. The molecule has 0 unspecified atom stereocenters. The van der Waals surface area contributed by atoms with Crippen molar-refractivity contribution in [2.75, 3.05) is 0 Å². The molecular weight excluding hydrogens is 184 g/mol. The summed E-state index contributed by atoms with van der Waals surface area (Å²) < 4.78 is 0. The van der Waals surface area contributed by atoms with Gasteiger partial charge in [0.25, 0.3) is 0 Å². The van der Waals surface area contributed by atoms with Crippen molar-refractivity contribution in [3.05, 3.63) is 23.6 Å². The van der Waals surface area contributed by atoms with Gasteiger partial charge in [0, 0.05) is 0 Å². The van der Waals surface area contributed by atoms with Crippen LogP contribution in [0.25, 0.3) is 0 Å². The molecule has 0 rings (SSSR count). The lowest BCUT2D eigenvalue weighted by Crippen LogP contribution is -2.19. The van der Waals surface area contributed by atoms with Crippen LogP contribution in [0, 0.1) is 0 Å². The van der Waals surface area contributed by atoms with Gasteiger partial charge in [-0.3, -0.25) is 0 Å². The van der Waals surface area contributed by atoms with Crippen LogP contribution >= 0.6 is 11.1 Å². The predicted molar refractivity (Wildman–Crippen MR) is 61.0 cm³/mol. The first-order chi connectivity index (χ1) is 5.68. The van der Waals surface area contributed by atoms with Crippen molar-refractivity contribution in [1.82, 2.24) is 0 Å². The zero-order chi connectivity index (χ0) is 9.45. The Hall–Kier alpha value is -0.0131. The van der Waals surface area contributed by atoms with Crippen molar-refractivity contribution >= 4 is 18.5 Å². The Labute approximate surface area is 82.0 Å². The maximum atomic E-state index is 6.45. The van der Waals surface area contributed by atoms with E-state index in [-0.39, 0.29) is 0 Å². The Morgan fingerprint density at radius 3 is 1.67 bits per heavy atom. The Morgan fingerprint density at radius 1 is 1.00 bits per heavy atom. The third kappa shape index (κ3) is 4.78. The maximum absolute atomic E-state index is 6.45. The molecule has 0 amide bonds. The van der Waals surface area contributed by atoms with E-state index in [1.54, 1.807) is 0 Å². The largest absolute Gasteiger partial charge is 0.202 e. The lowest BCUT2D eigenvalue weighted by atomic mass is 10.5. The number of rotatable bonds is 5. The van der Waals surface area contributed by atoms with Crippen molar-refractivity contribution in [2.24, 2.45) is 0 Å². The molecule has 0 saturated carbocycles. The van der Waals surface area contributed by atoms with Crippen LogP contribution in [0.15, 0.2) is 23.6 Å². The minimum absolute atomic E-state index is 1.08. The highest BCUT2D eigenvalue weighted by molar-refractivity contribution is 7.26. The second-order valence-corrected chi connectivity index (χ2v) is 8.24. The summed E-state index contributed by atoms with van der Waals surface area (Å²) in [6.45, 7) is 6.45. The summed E-state index contributed by atoms with van der Waals surface area (Å²) in [6.07, 6.45) is 6.54. The summed E-state index contributed by atoms with van der Waals surface area (Å²) in [7, 11) is -1.65. The standard InChI is InChI=1S/C10H19ClSi/c1-4-7-9-12(11,6-3)10-8-5-2/h7-10H,4-6H2,1-3H3. The maximum Gasteiger partial charge on any atom is 0.202 e. The van der Waals surface area contributed by atoms with Crippen LogP contribution in [0.4, 0.5) is 0 Å². The highest BCUT2D eigenvalue weighted by Gasteiger charge is 2.20. The molecule has 0 N–H and O–H groups in total. The zero-order valence-corrected chi connectivity index (χ0v) is 10.1. The summed E-state index contributed by atoms with van der Waals surface area (Å²) in [5, 5.41) is 0. The fourth-order valence-corrected chi connectivity index (χ4v) is 3.29. The molecule has 0 atom stereocenters. The van der Waals surface area contributed by atoms with Crippen LogP contribution in [0.3, 0.4) is 0 Å². The number of allylic oxidation sites excluding steroid dienone is 2. The van der Waals surface area contributed by atoms with Gasteiger partial charge < -0.3 is 0 Å². The van der Waals surface area contributed by atoms with Crippen molar-refractivity contribution in [3.63, 3.8) is 0 Å². The van der Waals surface area contributed by atoms with Gasteiger partial charge in [-0.2, -0.15) is 11.1 Å². The Bertz CT molecular complexity index is 147. The minimum atomic E-state index is -1.65. The first-order valence-corrected chi connectivity index (χ1v) is 8.10. The van der Waals surface area contributed by atoms with Crippen LogP contribution < -0.4 is 0 Å². The Kier molecular flexibility index (Phi) is 6.49. The molecule has 0 aromatic rings. The number of hydrogen-bond donors (Lipinski definition) is 0. The molecule has 0 fully saturated rings. The van der Waals surface area contributed by atoms with E-state index in [2.05, 4.69) is 44.3 Å². The molecule has 12 heavy (non-hydrogen) atoms. The monoisotopic (exact) mass is 202 g/mol. The molecule has 0 saturated heterocycles. The van der Waals surface area contributed by atoms with Gasteiger partial charge >= 0.3 is 0 Å². The van der Waals surface area contributed by atoms with Gasteiger partial charge in [-0.05, 0) is 18.9 Å². The summed E-state index contributed by atoms with van der Waals surface area (Å²) in [5.41, 5.74) is 4.45. The summed E-state index contributed by atoms with van der Waals surface area (Å²) in [5.74, 6) is 0. The van der Waals surface area contributed by atoms with Gasteiger partial charge in [0.05, 0.1) is 0 Å². The molecule has 0 spiro atoms.